The van der Waals surface area contributed by atoms with Crippen LogP contribution in [-0.4, -0.2) is 0 Å². The Balaban J connectivity index is 2.28. The Bertz CT molecular complexity index is 167. The van der Waals surface area contributed by atoms with Crippen LogP contribution >= 0.6 is 0 Å². The van der Waals surface area contributed by atoms with E-state index in [2.05, 4.69) is 33.4 Å². The van der Waals surface area contributed by atoms with Crippen LogP contribution in [-0.2, 0) is 0 Å². The number of unbranched alkanes of at least 4 members (excludes halogenated alkanes) is 1. The predicted molar refractivity (Wildman–Crippen MR) is 59.7 cm³/mol. The molecule has 0 aromatic rings. The molecule has 0 aromatic carbocycles. The van der Waals surface area contributed by atoms with Crippen molar-refractivity contribution in [2.75, 3.05) is 0 Å². The van der Waals surface area contributed by atoms with E-state index in [0.29, 0.717) is 5.41 Å². The molecule has 0 spiro atoms. The van der Waals surface area contributed by atoms with Crippen LogP contribution in [0.3, 0.4) is 0 Å². The molecule has 0 amide bonds. The minimum atomic E-state index is 0.637. The van der Waals surface area contributed by atoms with Crippen LogP contribution in [0.1, 0.15) is 52.9 Å². The lowest BCUT2D eigenvalue weighted by Gasteiger charge is -2.00. The quantitative estimate of drug-likeness (QED) is 0.531. The third kappa shape index (κ3) is 2.36. The molecule has 0 aliphatic heterocycles. The van der Waals surface area contributed by atoms with Gasteiger partial charge in [0.25, 0.3) is 0 Å². The summed E-state index contributed by atoms with van der Waals surface area (Å²) in [6, 6.07) is 0. The van der Waals surface area contributed by atoms with E-state index >= 15 is 0 Å². The molecule has 13 heavy (non-hydrogen) atoms. The van der Waals surface area contributed by atoms with Crippen LogP contribution < -0.4 is 0 Å². The molecule has 2 atom stereocenters. The molecule has 0 heteroatoms. The molecule has 0 saturated heterocycles. The molecule has 0 aromatic heterocycles. The summed E-state index contributed by atoms with van der Waals surface area (Å²) >= 11 is 0. The summed E-state index contributed by atoms with van der Waals surface area (Å²) in [6.07, 6.45) is 8.84. The molecule has 1 aliphatic carbocycles. The topological polar surface area (TPSA) is 0 Å². The van der Waals surface area contributed by atoms with Gasteiger partial charge in [-0.25, -0.2) is 0 Å². The fourth-order valence-corrected chi connectivity index (χ4v) is 2.73. The first kappa shape index (κ1) is 10.8. The van der Waals surface area contributed by atoms with Gasteiger partial charge in [-0.05, 0) is 36.5 Å². The molecule has 1 aliphatic rings. The largest absolute Gasteiger partial charge is 0.103 e. The number of hydrogen-bond acceptors (Lipinski definition) is 0. The number of hydrogen-bond donors (Lipinski definition) is 0. The average Bonchev–Trinajstić information content (AvgIpc) is 2.60. The van der Waals surface area contributed by atoms with Crippen molar-refractivity contribution in [1.29, 1.82) is 0 Å². The van der Waals surface area contributed by atoms with Gasteiger partial charge in [0.2, 0.25) is 0 Å². The molecule has 0 bridgehead atoms. The highest BCUT2D eigenvalue weighted by Gasteiger charge is 2.55. The van der Waals surface area contributed by atoms with Crippen LogP contribution in [0.4, 0.5) is 0 Å². The van der Waals surface area contributed by atoms with Crippen LogP contribution in [0.5, 0.6) is 0 Å². The van der Waals surface area contributed by atoms with Gasteiger partial charge in [0.05, 0.1) is 0 Å². The van der Waals surface area contributed by atoms with Crippen LogP contribution in [0.15, 0.2) is 12.7 Å². The monoisotopic (exact) mass is 180 g/mol. The maximum absolute atomic E-state index is 3.80. The predicted octanol–water partition coefficient (Wildman–Crippen LogP) is 4.42. The Morgan fingerprint density at radius 3 is 2.38 bits per heavy atom. The van der Waals surface area contributed by atoms with Gasteiger partial charge in [-0.3, -0.25) is 0 Å². The lowest BCUT2D eigenvalue weighted by atomic mass is 10.1. The van der Waals surface area contributed by atoms with Crippen molar-refractivity contribution in [3.63, 3.8) is 0 Å². The van der Waals surface area contributed by atoms with Crippen LogP contribution in [0, 0.1) is 17.3 Å². The Labute approximate surface area is 83.4 Å². The summed E-state index contributed by atoms with van der Waals surface area (Å²) < 4.78 is 0. The molecule has 1 fully saturated rings. The fourth-order valence-electron chi connectivity index (χ4n) is 2.73. The van der Waals surface area contributed by atoms with Crippen LogP contribution in [0.25, 0.3) is 0 Å². The first-order chi connectivity index (χ1) is 6.14. The minimum Gasteiger partial charge on any atom is -0.103 e. The van der Waals surface area contributed by atoms with Crippen LogP contribution in [0.2, 0.25) is 0 Å². The van der Waals surface area contributed by atoms with E-state index in [1.54, 1.807) is 0 Å². The molecule has 0 heterocycles. The van der Waals surface area contributed by atoms with E-state index in [-0.39, 0.29) is 0 Å². The van der Waals surface area contributed by atoms with Gasteiger partial charge in [0.15, 0.2) is 0 Å². The zero-order valence-corrected chi connectivity index (χ0v) is 9.47. The normalized spacial score (nSPS) is 30.1. The SMILES string of the molecule is C=CCCC1C(CCCC)C1(C)C. The van der Waals surface area contributed by atoms with Gasteiger partial charge in [0.1, 0.15) is 0 Å². The summed E-state index contributed by atoms with van der Waals surface area (Å²) in [5.74, 6) is 1.99. The van der Waals surface area contributed by atoms with Gasteiger partial charge in [-0.15, -0.1) is 6.58 Å². The van der Waals surface area contributed by atoms with E-state index in [1.165, 1.54) is 32.1 Å². The molecule has 0 N–H and O–H groups in total. The van der Waals surface area contributed by atoms with Crippen molar-refractivity contribution < 1.29 is 0 Å². The third-order valence-corrected chi connectivity index (χ3v) is 3.84. The standard InChI is InChI=1S/C13H24/c1-5-7-9-11-12(10-8-6-2)13(11,3)4/h5,11-12H,1,6-10H2,2-4H3. The van der Waals surface area contributed by atoms with E-state index in [4.69, 9.17) is 0 Å². The molecular formula is C13H24. The van der Waals surface area contributed by atoms with Crippen molar-refractivity contribution in [3.05, 3.63) is 12.7 Å². The molecule has 0 radical (unpaired) electrons. The van der Waals surface area contributed by atoms with Gasteiger partial charge >= 0.3 is 0 Å². The van der Waals surface area contributed by atoms with Gasteiger partial charge in [-0.2, -0.15) is 0 Å². The van der Waals surface area contributed by atoms with E-state index < -0.39 is 0 Å². The Morgan fingerprint density at radius 2 is 1.85 bits per heavy atom. The fraction of sp³-hybridized carbons (Fsp3) is 0.846. The molecule has 1 saturated carbocycles. The smallest absolute Gasteiger partial charge is 0.0292 e. The van der Waals surface area contributed by atoms with Gasteiger partial charge < -0.3 is 0 Å². The average molecular weight is 180 g/mol. The number of rotatable bonds is 6. The Morgan fingerprint density at radius 1 is 1.23 bits per heavy atom. The maximum Gasteiger partial charge on any atom is -0.0292 e. The number of allylic oxidation sites excluding steroid dienone is 1. The summed E-state index contributed by atoms with van der Waals surface area (Å²) in [4.78, 5) is 0. The van der Waals surface area contributed by atoms with E-state index in [9.17, 15) is 0 Å². The minimum absolute atomic E-state index is 0.637. The second-order valence-electron chi connectivity index (χ2n) is 5.04. The summed E-state index contributed by atoms with van der Waals surface area (Å²) in [6.45, 7) is 10.9. The Kier molecular flexibility index (Phi) is 3.58. The van der Waals surface area contributed by atoms with Crippen molar-refractivity contribution in [1.82, 2.24) is 0 Å². The zero-order chi connectivity index (χ0) is 9.90. The second kappa shape index (κ2) is 4.30. The van der Waals surface area contributed by atoms with E-state index in [0.717, 1.165) is 11.8 Å². The lowest BCUT2D eigenvalue weighted by Crippen LogP contribution is -1.90. The highest BCUT2D eigenvalue weighted by atomic mass is 14.6. The van der Waals surface area contributed by atoms with Crippen molar-refractivity contribution in [2.24, 2.45) is 17.3 Å². The third-order valence-electron chi connectivity index (χ3n) is 3.84. The highest BCUT2D eigenvalue weighted by Crippen LogP contribution is 2.62. The van der Waals surface area contributed by atoms with Crippen molar-refractivity contribution >= 4 is 0 Å². The Hall–Kier alpha value is -0.260. The zero-order valence-electron chi connectivity index (χ0n) is 9.47. The summed E-state index contributed by atoms with van der Waals surface area (Å²) in [5, 5.41) is 0. The molecule has 76 valence electrons. The lowest BCUT2D eigenvalue weighted by molar-refractivity contribution is 0.506. The molecule has 1 rings (SSSR count). The molecular weight excluding hydrogens is 156 g/mol. The summed E-state index contributed by atoms with van der Waals surface area (Å²) in [5.41, 5.74) is 0.637. The first-order valence-corrected chi connectivity index (χ1v) is 5.75. The molecule has 2 unspecified atom stereocenters. The van der Waals surface area contributed by atoms with Gasteiger partial charge in [-0.1, -0.05) is 39.7 Å². The van der Waals surface area contributed by atoms with Crippen molar-refractivity contribution in [2.45, 2.75) is 52.9 Å². The van der Waals surface area contributed by atoms with Crippen molar-refractivity contribution in [3.8, 4) is 0 Å². The van der Waals surface area contributed by atoms with E-state index in [1.807, 2.05) is 0 Å². The molecule has 0 nitrogen and oxygen atoms in total. The second-order valence-corrected chi connectivity index (χ2v) is 5.04. The maximum atomic E-state index is 3.80. The summed E-state index contributed by atoms with van der Waals surface area (Å²) in [7, 11) is 0. The first-order valence-electron chi connectivity index (χ1n) is 5.75. The van der Waals surface area contributed by atoms with Gasteiger partial charge in [0, 0.05) is 0 Å². The highest BCUT2D eigenvalue weighted by molar-refractivity contribution is 5.04.